The third-order valence-corrected chi connectivity index (χ3v) is 8.82. The highest BCUT2D eigenvalue weighted by molar-refractivity contribution is 5.97. The van der Waals surface area contributed by atoms with Gasteiger partial charge in [-0.25, -0.2) is 9.97 Å². The minimum atomic E-state index is -0.941. The summed E-state index contributed by atoms with van der Waals surface area (Å²) in [6.07, 6.45) is 5.15. The van der Waals surface area contributed by atoms with Gasteiger partial charge in [0, 0.05) is 19.3 Å². The Balaban J connectivity index is 1.45. The SMILES string of the molecule is Cc1nc(CC2CCC(C)C(Cc3ccc(-c4ccccc4)cc3)CC2(C)C)nc(C(=O)CCCC(=O)O)c1O. The summed E-state index contributed by atoms with van der Waals surface area (Å²) in [5.41, 5.74) is 4.31. The molecule has 0 saturated heterocycles. The number of carboxylic acids is 1. The monoisotopic (exact) mass is 542 g/mol. The third kappa shape index (κ3) is 7.35. The second-order valence-corrected chi connectivity index (χ2v) is 12.3. The molecule has 212 valence electrons. The van der Waals surface area contributed by atoms with Crippen LogP contribution in [0.25, 0.3) is 11.1 Å². The van der Waals surface area contributed by atoms with E-state index in [2.05, 4.69) is 79.3 Å². The summed E-state index contributed by atoms with van der Waals surface area (Å²) in [6.45, 7) is 8.74. The summed E-state index contributed by atoms with van der Waals surface area (Å²) < 4.78 is 0. The van der Waals surface area contributed by atoms with Crippen molar-refractivity contribution in [2.75, 3.05) is 0 Å². The lowest BCUT2D eigenvalue weighted by molar-refractivity contribution is -0.137. The smallest absolute Gasteiger partial charge is 0.303 e. The number of benzene rings is 2. The van der Waals surface area contributed by atoms with Crippen LogP contribution < -0.4 is 0 Å². The fraction of sp³-hybridized carbons (Fsp3) is 0.471. The Bertz CT molecular complexity index is 1320. The molecule has 0 amide bonds. The molecule has 0 spiro atoms. The van der Waals surface area contributed by atoms with Gasteiger partial charge in [-0.1, -0.05) is 81.8 Å². The lowest BCUT2D eigenvalue weighted by Crippen LogP contribution is -2.28. The number of rotatable bonds is 10. The van der Waals surface area contributed by atoms with E-state index in [9.17, 15) is 14.7 Å². The molecule has 1 saturated carbocycles. The van der Waals surface area contributed by atoms with Crippen LogP contribution in [0.1, 0.15) is 86.9 Å². The van der Waals surface area contributed by atoms with Gasteiger partial charge in [-0.15, -0.1) is 0 Å². The Kier molecular flexibility index (Phi) is 9.39. The van der Waals surface area contributed by atoms with Crippen molar-refractivity contribution < 1.29 is 19.8 Å². The van der Waals surface area contributed by atoms with Crippen molar-refractivity contribution in [3.8, 4) is 16.9 Å². The van der Waals surface area contributed by atoms with E-state index in [0.29, 0.717) is 35.7 Å². The predicted molar refractivity (Wildman–Crippen MR) is 157 cm³/mol. The van der Waals surface area contributed by atoms with Crippen molar-refractivity contribution in [2.24, 2.45) is 23.2 Å². The molecule has 1 aliphatic carbocycles. The number of nitrogens with zero attached hydrogens (tertiary/aromatic N) is 2. The standard InChI is InChI=1S/C34H42N2O4/c1-22-13-18-28(20-30-35-23(2)33(40)32(36-30)29(37)11-8-12-31(38)39)34(3,4)21-27(22)19-24-14-16-26(17-15-24)25-9-6-5-7-10-25/h5-7,9-10,14-17,22,27-28,40H,8,11-13,18-21H2,1-4H3,(H,38,39). The number of hydrogen-bond acceptors (Lipinski definition) is 5. The quantitative estimate of drug-likeness (QED) is 0.204. The number of aromatic hydroxyl groups is 1. The van der Waals surface area contributed by atoms with E-state index in [-0.39, 0.29) is 41.9 Å². The van der Waals surface area contributed by atoms with Gasteiger partial charge in [0.2, 0.25) is 0 Å². The van der Waals surface area contributed by atoms with Crippen LogP contribution >= 0.6 is 0 Å². The molecule has 1 aliphatic rings. The molecule has 0 aliphatic heterocycles. The van der Waals surface area contributed by atoms with E-state index < -0.39 is 5.97 Å². The second-order valence-electron chi connectivity index (χ2n) is 12.3. The zero-order valence-electron chi connectivity index (χ0n) is 24.2. The number of hydrogen-bond donors (Lipinski definition) is 2. The Labute approximate surface area is 237 Å². The van der Waals surface area contributed by atoms with Gasteiger partial charge in [-0.05, 0) is 72.5 Å². The number of aryl methyl sites for hydroxylation is 1. The van der Waals surface area contributed by atoms with Crippen LogP contribution in [0.5, 0.6) is 5.75 Å². The maximum Gasteiger partial charge on any atom is 0.303 e. The molecule has 4 rings (SSSR count). The van der Waals surface area contributed by atoms with Crippen molar-refractivity contribution in [3.05, 3.63) is 77.4 Å². The van der Waals surface area contributed by atoms with E-state index in [4.69, 9.17) is 5.11 Å². The van der Waals surface area contributed by atoms with Gasteiger partial charge in [0.05, 0.1) is 5.69 Å². The molecule has 2 N–H and O–H groups in total. The van der Waals surface area contributed by atoms with Crippen molar-refractivity contribution >= 4 is 11.8 Å². The Hall–Kier alpha value is -3.54. The average molecular weight is 543 g/mol. The van der Waals surface area contributed by atoms with Crippen LogP contribution in [-0.2, 0) is 17.6 Å². The number of carbonyl (C=O) groups is 2. The Morgan fingerprint density at radius 1 is 0.925 bits per heavy atom. The van der Waals surface area contributed by atoms with Crippen molar-refractivity contribution in [2.45, 2.75) is 79.1 Å². The van der Waals surface area contributed by atoms with Gasteiger partial charge in [0.15, 0.2) is 17.2 Å². The van der Waals surface area contributed by atoms with E-state index in [0.717, 1.165) is 25.7 Å². The molecular weight excluding hydrogens is 500 g/mol. The number of aromatic nitrogens is 2. The normalized spacial score (nSPS) is 20.6. The first-order valence-corrected chi connectivity index (χ1v) is 14.5. The molecule has 0 bridgehead atoms. The van der Waals surface area contributed by atoms with Gasteiger partial charge in [-0.2, -0.15) is 0 Å². The van der Waals surface area contributed by atoms with Gasteiger partial charge in [0.25, 0.3) is 0 Å². The van der Waals surface area contributed by atoms with Gasteiger partial charge >= 0.3 is 5.97 Å². The molecule has 1 fully saturated rings. The number of carbonyl (C=O) groups excluding carboxylic acids is 1. The largest absolute Gasteiger partial charge is 0.504 e. The molecule has 6 heteroatoms. The summed E-state index contributed by atoms with van der Waals surface area (Å²) in [6, 6.07) is 19.5. The van der Waals surface area contributed by atoms with Crippen LogP contribution in [0.3, 0.4) is 0 Å². The topological polar surface area (TPSA) is 100 Å². The van der Waals surface area contributed by atoms with E-state index in [1.54, 1.807) is 6.92 Å². The maximum absolute atomic E-state index is 12.7. The molecule has 6 nitrogen and oxygen atoms in total. The zero-order valence-corrected chi connectivity index (χ0v) is 24.2. The van der Waals surface area contributed by atoms with E-state index in [1.165, 1.54) is 16.7 Å². The van der Waals surface area contributed by atoms with Crippen LogP contribution in [0.4, 0.5) is 0 Å². The molecule has 40 heavy (non-hydrogen) atoms. The lowest BCUT2D eigenvalue weighted by Gasteiger charge is -2.35. The lowest BCUT2D eigenvalue weighted by atomic mass is 9.70. The third-order valence-electron chi connectivity index (χ3n) is 8.82. The van der Waals surface area contributed by atoms with Gasteiger partial charge < -0.3 is 10.2 Å². The van der Waals surface area contributed by atoms with E-state index >= 15 is 0 Å². The summed E-state index contributed by atoms with van der Waals surface area (Å²) in [7, 11) is 0. The summed E-state index contributed by atoms with van der Waals surface area (Å²) >= 11 is 0. The van der Waals surface area contributed by atoms with Gasteiger partial charge in [0.1, 0.15) is 5.82 Å². The minimum Gasteiger partial charge on any atom is -0.504 e. The molecule has 3 atom stereocenters. The van der Waals surface area contributed by atoms with Crippen LogP contribution in [0, 0.1) is 30.1 Å². The Morgan fingerprint density at radius 3 is 2.27 bits per heavy atom. The molecule has 2 aromatic carbocycles. The van der Waals surface area contributed by atoms with Crippen molar-refractivity contribution in [1.29, 1.82) is 0 Å². The fourth-order valence-corrected chi connectivity index (χ4v) is 6.20. The first kappa shape index (κ1) is 29.4. The molecule has 3 aromatic rings. The number of carboxylic acid groups (broad SMARTS) is 1. The highest BCUT2D eigenvalue weighted by atomic mass is 16.4. The minimum absolute atomic E-state index is 0.0181. The van der Waals surface area contributed by atoms with Gasteiger partial charge in [-0.3, -0.25) is 9.59 Å². The van der Waals surface area contributed by atoms with E-state index in [1.807, 2.05) is 6.07 Å². The van der Waals surface area contributed by atoms with Crippen LogP contribution in [0.2, 0.25) is 0 Å². The highest BCUT2D eigenvalue weighted by Crippen LogP contribution is 2.46. The Morgan fingerprint density at radius 2 is 1.60 bits per heavy atom. The highest BCUT2D eigenvalue weighted by Gasteiger charge is 2.38. The number of ketones is 1. The number of aliphatic carboxylic acids is 1. The zero-order chi connectivity index (χ0) is 28.9. The van der Waals surface area contributed by atoms with Crippen LogP contribution in [0.15, 0.2) is 54.6 Å². The van der Waals surface area contributed by atoms with Crippen LogP contribution in [-0.4, -0.2) is 31.9 Å². The average Bonchev–Trinajstić information content (AvgIpc) is 3.02. The molecule has 1 heterocycles. The summed E-state index contributed by atoms with van der Waals surface area (Å²) in [5.74, 6) is 0.609. The van der Waals surface area contributed by atoms with Crippen molar-refractivity contribution in [3.63, 3.8) is 0 Å². The second kappa shape index (κ2) is 12.8. The molecule has 0 radical (unpaired) electrons. The molecular formula is C34H42N2O4. The maximum atomic E-state index is 12.7. The summed E-state index contributed by atoms with van der Waals surface area (Å²) in [5, 5.41) is 19.4. The molecule has 3 unspecified atom stereocenters. The fourth-order valence-electron chi connectivity index (χ4n) is 6.20. The van der Waals surface area contributed by atoms with Crippen molar-refractivity contribution in [1.82, 2.24) is 9.97 Å². The summed E-state index contributed by atoms with van der Waals surface area (Å²) in [4.78, 5) is 32.6. The first-order valence-electron chi connectivity index (χ1n) is 14.5. The first-order chi connectivity index (χ1) is 19.0. The molecule has 1 aromatic heterocycles. The number of Topliss-reactive ketones (excluding diaryl/α,β-unsaturated/α-hetero) is 1. The predicted octanol–water partition coefficient (Wildman–Crippen LogP) is 7.46.